The van der Waals surface area contributed by atoms with E-state index in [-0.39, 0.29) is 0 Å². The molecule has 2 fully saturated rings. The van der Waals surface area contributed by atoms with Crippen LogP contribution in [0.3, 0.4) is 0 Å². The van der Waals surface area contributed by atoms with E-state index in [0.717, 1.165) is 18.5 Å². The number of para-hydroxylation sites is 2. The Labute approximate surface area is 155 Å². The summed E-state index contributed by atoms with van der Waals surface area (Å²) in [7, 11) is 0. The Hall–Kier alpha value is -2.13. The molecule has 134 valence electrons. The molecule has 1 aromatic heterocycles. The van der Waals surface area contributed by atoms with Crippen LogP contribution in [0.2, 0.25) is 0 Å². The molecule has 3 heterocycles. The summed E-state index contributed by atoms with van der Waals surface area (Å²) in [6, 6.07) is 18.2. The second kappa shape index (κ2) is 6.88. The molecule has 0 bridgehead atoms. The van der Waals surface area contributed by atoms with E-state index in [2.05, 4.69) is 58.8 Å². The third-order valence-corrected chi connectivity index (χ3v) is 6.63. The van der Waals surface area contributed by atoms with Crippen LogP contribution >= 0.6 is 0 Å². The first kappa shape index (κ1) is 16.1. The highest BCUT2D eigenvalue weighted by Gasteiger charge is 2.36. The maximum absolute atomic E-state index is 3.90. The average Bonchev–Trinajstić information content (AvgIpc) is 2.71. The van der Waals surface area contributed by atoms with Gasteiger partial charge in [-0.15, -0.1) is 0 Å². The van der Waals surface area contributed by atoms with Crippen molar-refractivity contribution >= 4 is 27.5 Å². The molecule has 0 spiro atoms. The number of H-pyrrole nitrogens is 1. The fourth-order valence-corrected chi connectivity index (χ4v) is 5.36. The first-order valence-electron chi connectivity index (χ1n) is 10.3. The molecular weight excluding hydrogens is 318 g/mol. The fraction of sp³-hybridized carbons (Fsp3) is 0.435. The van der Waals surface area contributed by atoms with Gasteiger partial charge in [0.25, 0.3) is 0 Å². The Morgan fingerprint density at radius 3 is 2.31 bits per heavy atom. The van der Waals surface area contributed by atoms with E-state index in [4.69, 9.17) is 0 Å². The number of piperidine rings is 2. The van der Waals surface area contributed by atoms with Gasteiger partial charge in [-0.1, -0.05) is 24.3 Å². The van der Waals surface area contributed by atoms with Crippen LogP contribution in [0.1, 0.15) is 32.1 Å². The van der Waals surface area contributed by atoms with Crippen molar-refractivity contribution in [1.82, 2.24) is 0 Å². The minimum Gasteiger partial charge on any atom is -0.383 e. The van der Waals surface area contributed by atoms with Crippen molar-refractivity contribution < 1.29 is 9.88 Å². The molecule has 0 saturated carbocycles. The monoisotopic (exact) mass is 347 g/mol. The molecule has 3 N–H and O–H groups in total. The quantitative estimate of drug-likeness (QED) is 0.701. The third-order valence-electron chi connectivity index (χ3n) is 6.63. The molecule has 3 atom stereocenters. The van der Waals surface area contributed by atoms with E-state index in [0.29, 0.717) is 0 Å². The van der Waals surface area contributed by atoms with E-state index in [1.165, 1.54) is 72.7 Å². The first-order valence-corrected chi connectivity index (χ1v) is 10.3. The van der Waals surface area contributed by atoms with Crippen molar-refractivity contribution in [3.63, 3.8) is 0 Å². The Morgan fingerprint density at radius 2 is 1.54 bits per heavy atom. The van der Waals surface area contributed by atoms with Gasteiger partial charge in [0.05, 0.1) is 35.6 Å². The number of rotatable bonds is 3. The summed E-state index contributed by atoms with van der Waals surface area (Å²) in [5.74, 6) is 0.806. The Bertz CT molecular complexity index is 864. The zero-order chi connectivity index (χ0) is 17.3. The zero-order valence-corrected chi connectivity index (χ0v) is 15.4. The lowest BCUT2D eigenvalue weighted by atomic mass is 9.83. The van der Waals surface area contributed by atoms with Gasteiger partial charge in [-0.2, -0.15) is 0 Å². The van der Waals surface area contributed by atoms with Crippen LogP contribution in [0.25, 0.3) is 21.8 Å². The van der Waals surface area contributed by atoms with Gasteiger partial charge in [-0.3, -0.25) is 0 Å². The van der Waals surface area contributed by atoms with Gasteiger partial charge in [0.15, 0.2) is 0 Å². The van der Waals surface area contributed by atoms with Crippen LogP contribution in [-0.4, -0.2) is 25.7 Å². The maximum atomic E-state index is 3.90. The zero-order valence-electron chi connectivity index (χ0n) is 15.4. The van der Waals surface area contributed by atoms with Gasteiger partial charge in [-0.05, 0) is 44.2 Å². The third kappa shape index (κ3) is 2.84. The normalized spacial score (nSPS) is 25.9. The summed E-state index contributed by atoms with van der Waals surface area (Å²) in [6.45, 7) is 3.90. The molecule has 1 unspecified atom stereocenters. The smallest absolute Gasteiger partial charge is 0.213 e. The van der Waals surface area contributed by atoms with Gasteiger partial charge >= 0.3 is 0 Å². The number of nitrogens with one attached hydrogen (secondary N) is 3. The van der Waals surface area contributed by atoms with Crippen molar-refractivity contribution in [3.05, 3.63) is 48.5 Å². The van der Waals surface area contributed by atoms with Crippen LogP contribution < -0.4 is 15.2 Å². The molecular formula is C23H29N3+2. The second-order valence-corrected chi connectivity index (χ2v) is 8.13. The number of anilines is 1. The van der Waals surface area contributed by atoms with Crippen LogP contribution in [0.4, 0.5) is 5.69 Å². The highest BCUT2D eigenvalue weighted by atomic mass is 15.2. The van der Waals surface area contributed by atoms with Gasteiger partial charge < -0.3 is 10.2 Å². The Balaban J connectivity index is 1.48. The molecule has 26 heavy (non-hydrogen) atoms. The number of fused-ring (bicyclic) bond motifs is 3. The molecule has 0 radical (unpaired) electrons. The number of quaternary nitrogens is 1. The van der Waals surface area contributed by atoms with Gasteiger partial charge in [0, 0.05) is 24.6 Å². The largest absolute Gasteiger partial charge is 0.383 e. The van der Waals surface area contributed by atoms with Gasteiger partial charge in [0.2, 0.25) is 11.0 Å². The van der Waals surface area contributed by atoms with Crippen molar-refractivity contribution in [3.8, 4) is 0 Å². The SMILES string of the molecule is c1ccc2c(NC[C@@H]3CCC[NH+]4CCCC[C@H]34)c3ccccc3[nH+]c2c1. The molecule has 2 aliphatic rings. The van der Waals surface area contributed by atoms with Crippen LogP contribution in [0.15, 0.2) is 48.5 Å². The lowest BCUT2D eigenvalue weighted by Gasteiger charge is -2.41. The number of aromatic nitrogens is 1. The summed E-state index contributed by atoms with van der Waals surface area (Å²) in [6.07, 6.45) is 7.05. The number of pyridine rings is 1. The molecule has 5 rings (SSSR count). The van der Waals surface area contributed by atoms with Crippen molar-refractivity contribution in [2.75, 3.05) is 25.0 Å². The molecule has 3 aromatic rings. The number of aromatic amines is 1. The Kier molecular flexibility index (Phi) is 4.25. The Morgan fingerprint density at radius 1 is 0.846 bits per heavy atom. The molecule has 3 nitrogen and oxygen atoms in total. The summed E-state index contributed by atoms with van der Waals surface area (Å²) in [5.41, 5.74) is 3.72. The van der Waals surface area contributed by atoms with Crippen molar-refractivity contribution in [1.29, 1.82) is 0 Å². The molecule has 3 heteroatoms. The second-order valence-electron chi connectivity index (χ2n) is 8.13. The van der Waals surface area contributed by atoms with Crippen LogP contribution in [0, 0.1) is 5.92 Å². The topological polar surface area (TPSA) is 30.6 Å². The summed E-state index contributed by atoms with van der Waals surface area (Å²) in [5, 5.41) is 6.50. The number of benzene rings is 2. The highest BCUT2D eigenvalue weighted by Crippen LogP contribution is 2.29. The molecule has 2 aromatic carbocycles. The predicted octanol–water partition coefficient (Wildman–Crippen LogP) is 3.07. The minimum atomic E-state index is 0.806. The van der Waals surface area contributed by atoms with Crippen molar-refractivity contribution in [2.24, 2.45) is 5.92 Å². The van der Waals surface area contributed by atoms with Gasteiger partial charge in [-0.25, -0.2) is 4.98 Å². The lowest BCUT2D eigenvalue weighted by molar-refractivity contribution is -0.939. The molecule has 2 aliphatic heterocycles. The summed E-state index contributed by atoms with van der Waals surface area (Å²) < 4.78 is 0. The lowest BCUT2D eigenvalue weighted by Crippen LogP contribution is -3.18. The van der Waals surface area contributed by atoms with Gasteiger partial charge in [0.1, 0.15) is 0 Å². The fourth-order valence-electron chi connectivity index (χ4n) is 5.36. The number of hydrogen-bond acceptors (Lipinski definition) is 1. The van der Waals surface area contributed by atoms with E-state index in [9.17, 15) is 0 Å². The summed E-state index contributed by atoms with van der Waals surface area (Å²) >= 11 is 0. The van der Waals surface area contributed by atoms with E-state index >= 15 is 0 Å². The first-order chi connectivity index (χ1) is 12.9. The van der Waals surface area contributed by atoms with E-state index in [1.54, 1.807) is 0 Å². The predicted molar refractivity (Wildman–Crippen MR) is 108 cm³/mol. The summed E-state index contributed by atoms with van der Waals surface area (Å²) in [4.78, 5) is 5.47. The maximum Gasteiger partial charge on any atom is 0.213 e. The molecule has 2 saturated heterocycles. The minimum absolute atomic E-state index is 0.806. The van der Waals surface area contributed by atoms with E-state index in [1.807, 2.05) is 4.90 Å². The van der Waals surface area contributed by atoms with E-state index < -0.39 is 0 Å². The van der Waals surface area contributed by atoms with Crippen LogP contribution in [-0.2, 0) is 0 Å². The number of hydrogen-bond donors (Lipinski definition) is 2. The molecule has 0 amide bonds. The molecule has 0 aliphatic carbocycles. The average molecular weight is 348 g/mol. The highest BCUT2D eigenvalue weighted by molar-refractivity contribution is 6.04. The van der Waals surface area contributed by atoms with Crippen LogP contribution in [0.5, 0.6) is 0 Å². The van der Waals surface area contributed by atoms with Crippen molar-refractivity contribution in [2.45, 2.75) is 38.1 Å². The standard InChI is InChI=1S/C23H27N3/c1-3-11-20-18(9-1)23(19-10-2-4-12-21(19)25-20)24-16-17-8-7-15-26-14-6-5-13-22(17)26/h1-4,9-12,17,22H,5-8,13-16H2,(H,24,25)/p+2/t17-,22+/m0/s1.